The third-order valence-electron chi connectivity index (χ3n) is 3.36. The lowest BCUT2D eigenvalue weighted by atomic mass is 10.1. The number of carbonyl (C=O) groups is 1. The van der Waals surface area contributed by atoms with Crippen molar-refractivity contribution in [3.8, 4) is 5.75 Å². The molecule has 104 valence electrons. The summed E-state index contributed by atoms with van der Waals surface area (Å²) in [5, 5.41) is 9.40. The van der Waals surface area contributed by atoms with Gasteiger partial charge in [0.2, 0.25) is 0 Å². The van der Waals surface area contributed by atoms with Gasteiger partial charge < -0.3 is 20.5 Å². The van der Waals surface area contributed by atoms with Crippen molar-refractivity contribution in [1.82, 2.24) is 4.90 Å². The smallest absolute Gasteiger partial charge is 0.260 e. The molecular weight excluding hydrogens is 244 g/mol. The van der Waals surface area contributed by atoms with E-state index in [-0.39, 0.29) is 18.6 Å². The predicted molar refractivity (Wildman–Crippen MR) is 71.6 cm³/mol. The molecule has 0 saturated carbocycles. The molecule has 1 aromatic rings. The molecule has 1 fully saturated rings. The van der Waals surface area contributed by atoms with E-state index in [4.69, 9.17) is 10.5 Å². The van der Waals surface area contributed by atoms with E-state index < -0.39 is 0 Å². The van der Waals surface area contributed by atoms with Crippen LogP contribution < -0.4 is 10.5 Å². The van der Waals surface area contributed by atoms with Crippen molar-refractivity contribution < 1.29 is 14.6 Å². The Kier molecular flexibility index (Phi) is 4.76. The van der Waals surface area contributed by atoms with Crippen LogP contribution >= 0.6 is 0 Å². The second kappa shape index (κ2) is 6.54. The number of hydrogen-bond donors (Lipinski definition) is 2. The molecule has 0 unspecified atom stereocenters. The molecule has 0 bridgehead atoms. The number of carbonyl (C=O) groups excluding carboxylic acids is 1. The third-order valence-corrected chi connectivity index (χ3v) is 3.36. The fourth-order valence-corrected chi connectivity index (χ4v) is 2.16. The molecule has 5 nitrogen and oxygen atoms in total. The Morgan fingerprint density at radius 2 is 2.05 bits per heavy atom. The summed E-state index contributed by atoms with van der Waals surface area (Å²) in [6.45, 7) is 1.61. The number of nitrogens with two attached hydrogens (primary N) is 1. The normalized spacial score (nSPS) is 16.4. The van der Waals surface area contributed by atoms with Crippen molar-refractivity contribution in [1.29, 1.82) is 0 Å². The average molecular weight is 264 g/mol. The van der Waals surface area contributed by atoms with Crippen LogP contribution in [0.4, 0.5) is 0 Å². The van der Waals surface area contributed by atoms with Gasteiger partial charge in [0.05, 0.1) is 6.10 Å². The molecule has 1 aliphatic heterocycles. The van der Waals surface area contributed by atoms with Gasteiger partial charge in [0.25, 0.3) is 5.91 Å². The predicted octanol–water partition coefficient (Wildman–Crippen LogP) is 0.507. The molecule has 3 N–H and O–H groups in total. The van der Waals surface area contributed by atoms with Crippen LogP contribution in [0.25, 0.3) is 0 Å². The van der Waals surface area contributed by atoms with Crippen LogP contribution in [0, 0.1) is 0 Å². The molecule has 5 heteroatoms. The number of rotatable bonds is 4. The number of benzene rings is 1. The minimum Gasteiger partial charge on any atom is -0.483 e. The maximum absolute atomic E-state index is 12.0. The summed E-state index contributed by atoms with van der Waals surface area (Å²) in [7, 11) is 0. The Morgan fingerprint density at radius 1 is 1.37 bits per heavy atom. The number of aliphatic hydroxyl groups excluding tert-OH is 1. The molecule has 2 rings (SSSR count). The Hall–Kier alpha value is -1.59. The summed E-state index contributed by atoms with van der Waals surface area (Å²) in [5.74, 6) is 0.620. The highest BCUT2D eigenvalue weighted by molar-refractivity contribution is 5.77. The van der Waals surface area contributed by atoms with E-state index in [1.54, 1.807) is 4.90 Å². The van der Waals surface area contributed by atoms with Gasteiger partial charge in [-0.3, -0.25) is 4.79 Å². The summed E-state index contributed by atoms with van der Waals surface area (Å²) in [6, 6.07) is 7.45. The molecule has 0 radical (unpaired) electrons. The van der Waals surface area contributed by atoms with Gasteiger partial charge in [-0.15, -0.1) is 0 Å². The molecule has 1 aliphatic rings. The van der Waals surface area contributed by atoms with Crippen molar-refractivity contribution in [2.24, 2.45) is 5.73 Å². The summed E-state index contributed by atoms with van der Waals surface area (Å²) in [6.07, 6.45) is 1.01. The summed E-state index contributed by atoms with van der Waals surface area (Å²) in [5.41, 5.74) is 6.50. The number of likely N-dealkylation sites (tertiary alicyclic amines) is 1. The van der Waals surface area contributed by atoms with E-state index >= 15 is 0 Å². The number of aliphatic hydroxyl groups is 1. The van der Waals surface area contributed by atoms with E-state index in [2.05, 4.69) is 0 Å². The Morgan fingerprint density at radius 3 is 2.74 bits per heavy atom. The summed E-state index contributed by atoms with van der Waals surface area (Å²) >= 11 is 0. The van der Waals surface area contributed by atoms with Crippen LogP contribution in [0.5, 0.6) is 5.75 Å². The highest BCUT2D eigenvalue weighted by atomic mass is 16.5. The topological polar surface area (TPSA) is 75.8 Å². The summed E-state index contributed by atoms with van der Waals surface area (Å²) < 4.78 is 5.54. The average Bonchev–Trinajstić information content (AvgIpc) is 2.45. The molecule has 0 aromatic heterocycles. The number of nitrogens with zero attached hydrogens (tertiary/aromatic N) is 1. The number of amides is 1. The molecule has 19 heavy (non-hydrogen) atoms. The Labute approximate surface area is 113 Å². The van der Waals surface area contributed by atoms with E-state index in [0.29, 0.717) is 38.2 Å². The molecule has 1 aromatic carbocycles. The fourth-order valence-electron chi connectivity index (χ4n) is 2.16. The van der Waals surface area contributed by atoms with Gasteiger partial charge in [0, 0.05) is 25.2 Å². The van der Waals surface area contributed by atoms with Gasteiger partial charge >= 0.3 is 0 Å². The van der Waals surface area contributed by atoms with Crippen molar-refractivity contribution in [3.05, 3.63) is 29.8 Å². The monoisotopic (exact) mass is 264 g/mol. The number of para-hydroxylation sites is 1. The van der Waals surface area contributed by atoms with Crippen LogP contribution in [0.3, 0.4) is 0 Å². The van der Waals surface area contributed by atoms with Gasteiger partial charge in [-0.25, -0.2) is 0 Å². The van der Waals surface area contributed by atoms with Gasteiger partial charge in [0.1, 0.15) is 5.75 Å². The SMILES string of the molecule is NCc1ccccc1OCC(=O)N1CCC(O)CC1. The molecule has 1 heterocycles. The Balaban J connectivity index is 1.86. The van der Waals surface area contributed by atoms with E-state index in [0.717, 1.165) is 5.56 Å². The number of ether oxygens (including phenoxy) is 1. The zero-order valence-corrected chi connectivity index (χ0v) is 10.9. The van der Waals surface area contributed by atoms with Gasteiger partial charge in [0.15, 0.2) is 6.61 Å². The summed E-state index contributed by atoms with van der Waals surface area (Å²) in [4.78, 5) is 13.7. The first-order chi connectivity index (χ1) is 9.20. The molecule has 1 saturated heterocycles. The molecule has 0 aliphatic carbocycles. The largest absolute Gasteiger partial charge is 0.483 e. The molecular formula is C14H20N2O3. The maximum Gasteiger partial charge on any atom is 0.260 e. The van der Waals surface area contributed by atoms with Crippen LogP contribution in [0.2, 0.25) is 0 Å². The van der Waals surface area contributed by atoms with Crippen LogP contribution in [-0.4, -0.2) is 41.7 Å². The number of piperidine rings is 1. The minimum absolute atomic E-state index is 0.0209. The first kappa shape index (κ1) is 13.8. The standard InChI is InChI=1S/C14H20N2O3/c15-9-11-3-1-2-4-13(11)19-10-14(18)16-7-5-12(17)6-8-16/h1-4,12,17H,5-10,15H2. The lowest BCUT2D eigenvalue weighted by molar-refractivity contribution is -0.135. The van der Waals surface area contributed by atoms with Crippen molar-refractivity contribution in [2.45, 2.75) is 25.5 Å². The van der Waals surface area contributed by atoms with Crippen LogP contribution in [-0.2, 0) is 11.3 Å². The fraction of sp³-hybridized carbons (Fsp3) is 0.500. The van der Waals surface area contributed by atoms with Crippen molar-refractivity contribution in [2.75, 3.05) is 19.7 Å². The lowest BCUT2D eigenvalue weighted by Crippen LogP contribution is -2.42. The van der Waals surface area contributed by atoms with E-state index in [1.807, 2.05) is 24.3 Å². The molecule has 0 atom stereocenters. The van der Waals surface area contributed by atoms with Crippen LogP contribution in [0.1, 0.15) is 18.4 Å². The van der Waals surface area contributed by atoms with Crippen LogP contribution in [0.15, 0.2) is 24.3 Å². The van der Waals surface area contributed by atoms with E-state index in [9.17, 15) is 9.90 Å². The molecule has 0 spiro atoms. The van der Waals surface area contributed by atoms with Crippen molar-refractivity contribution in [3.63, 3.8) is 0 Å². The van der Waals surface area contributed by atoms with Gasteiger partial charge in [-0.05, 0) is 18.9 Å². The highest BCUT2D eigenvalue weighted by Crippen LogP contribution is 2.17. The lowest BCUT2D eigenvalue weighted by Gasteiger charge is -2.29. The van der Waals surface area contributed by atoms with Gasteiger partial charge in [-0.2, -0.15) is 0 Å². The zero-order chi connectivity index (χ0) is 13.7. The molecule has 1 amide bonds. The second-order valence-electron chi connectivity index (χ2n) is 4.71. The van der Waals surface area contributed by atoms with Gasteiger partial charge in [-0.1, -0.05) is 18.2 Å². The minimum atomic E-state index is -0.275. The van der Waals surface area contributed by atoms with Crippen molar-refractivity contribution >= 4 is 5.91 Å². The Bertz CT molecular complexity index is 428. The second-order valence-corrected chi connectivity index (χ2v) is 4.71. The maximum atomic E-state index is 12.0. The number of hydrogen-bond acceptors (Lipinski definition) is 4. The first-order valence-electron chi connectivity index (χ1n) is 6.57. The third kappa shape index (κ3) is 3.68. The first-order valence-corrected chi connectivity index (χ1v) is 6.57. The highest BCUT2D eigenvalue weighted by Gasteiger charge is 2.21. The van der Waals surface area contributed by atoms with E-state index in [1.165, 1.54) is 0 Å². The zero-order valence-electron chi connectivity index (χ0n) is 10.9. The quantitative estimate of drug-likeness (QED) is 0.830.